The summed E-state index contributed by atoms with van der Waals surface area (Å²) in [5, 5.41) is 0. The van der Waals surface area contributed by atoms with Crippen molar-refractivity contribution in [3.05, 3.63) is 35.4 Å². The number of hydrogen-bond donors (Lipinski definition) is 0. The van der Waals surface area contributed by atoms with Crippen LogP contribution < -0.4 is 0 Å². The topological polar surface area (TPSA) is 37.4 Å². The van der Waals surface area contributed by atoms with Crippen molar-refractivity contribution >= 4 is 11.7 Å². The van der Waals surface area contributed by atoms with Crippen molar-refractivity contribution in [2.45, 2.75) is 19.8 Å². The van der Waals surface area contributed by atoms with Crippen LogP contribution in [0.3, 0.4) is 0 Å². The zero-order valence-electron chi connectivity index (χ0n) is 10.7. The molecule has 1 fully saturated rings. The highest BCUT2D eigenvalue weighted by Gasteiger charge is 2.27. The van der Waals surface area contributed by atoms with Gasteiger partial charge in [0.15, 0.2) is 5.78 Å². The molecule has 1 atom stereocenters. The van der Waals surface area contributed by atoms with Crippen molar-refractivity contribution < 1.29 is 18.4 Å². The summed E-state index contributed by atoms with van der Waals surface area (Å²) in [7, 11) is 0. The molecule has 0 spiro atoms. The van der Waals surface area contributed by atoms with Crippen molar-refractivity contribution in [3.8, 4) is 0 Å². The van der Waals surface area contributed by atoms with Gasteiger partial charge in [-0.15, -0.1) is 0 Å². The summed E-state index contributed by atoms with van der Waals surface area (Å²) in [5.41, 5.74) is -0.174. The van der Waals surface area contributed by atoms with E-state index in [-0.39, 0.29) is 23.9 Å². The van der Waals surface area contributed by atoms with Crippen LogP contribution in [0.2, 0.25) is 0 Å². The Morgan fingerprint density at radius 1 is 1.42 bits per heavy atom. The second-order valence-corrected chi connectivity index (χ2v) is 4.85. The predicted octanol–water partition coefficient (Wildman–Crippen LogP) is 2.41. The minimum Gasteiger partial charge on any atom is -0.335 e. The number of amides is 1. The van der Waals surface area contributed by atoms with Crippen LogP contribution in [0.15, 0.2) is 18.2 Å². The highest BCUT2D eigenvalue weighted by Crippen LogP contribution is 2.18. The lowest BCUT2D eigenvalue weighted by molar-refractivity contribution is -0.137. The Morgan fingerprint density at radius 2 is 2.16 bits per heavy atom. The number of halogens is 2. The summed E-state index contributed by atoms with van der Waals surface area (Å²) < 4.78 is 26.2. The Morgan fingerprint density at radius 3 is 2.84 bits per heavy atom. The van der Waals surface area contributed by atoms with Crippen LogP contribution in [0.1, 0.15) is 30.1 Å². The number of benzene rings is 1. The van der Waals surface area contributed by atoms with E-state index in [9.17, 15) is 18.4 Å². The number of ketones is 1. The molecule has 19 heavy (non-hydrogen) atoms. The van der Waals surface area contributed by atoms with Gasteiger partial charge in [0.2, 0.25) is 5.91 Å². The van der Waals surface area contributed by atoms with Gasteiger partial charge in [-0.1, -0.05) is 6.92 Å². The molecule has 1 aliphatic heterocycles. The third-order valence-electron chi connectivity index (χ3n) is 3.36. The first-order chi connectivity index (χ1) is 8.99. The maximum atomic E-state index is 13.5. The van der Waals surface area contributed by atoms with E-state index in [0.29, 0.717) is 12.6 Å². The molecule has 1 aromatic rings. The molecular formula is C14H15F2NO2. The van der Waals surface area contributed by atoms with E-state index in [1.54, 1.807) is 0 Å². The molecule has 0 bridgehead atoms. The number of carbonyl (C=O) groups is 2. The van der Waals surface area contributed by atoms with Gasteiger partial charge in [-0.25, -0.2) is 8.78 Å². The molecule has 0 aromatic heterocycles. The zero-order valence-corrected chi connectivity index (χ0v) is 10.7. The number of hydrogen-bond acceptors (Lipinski definition) is 2. The van der Waals surface area contributed by atoms with Gasteiger partial charge in [-0.2, -0.15) is 0 Å². The van der Waals surface area contributed by atoms with Crippen molar-refractivity contribution in [3.63, 3.8) is 0 Å². The van der Waals surface area contributed by atoms with Gasteiger partial charge < -0.3 is 4.90 Å². The summed E-state index contributed by atoms with van der Waals surface area (Å²) in [6.45, 7) is 2.18. The maximum Gasteiger partial charge on any atom is 0.225 e. The minimum atomic E-state index is -0.887. The molecule has 0 saturated carbocycles. The van der Waals surface area contributed by atoms with Crippen LogP contribution in [0, 0.1) is 17.6 Å². The van der Waals surface area contributed by atoms with E-state index in [0.717, 1.165) is 25.0 Å². The lowest BCUT2D eigenvalue weighted by atomic mass is 9.98. The summed E-state index contributed by atoms with van der Waals surface area (Å²) in [6, 6.07) is 2.83. The monoisotopic (exact) mass is 267 g/mol. The average molecular weight is 267 g/mol. The number of piperidine rings is 1. The standard InChI is InChI=1S/C14H15F2NO2/c1-9-3-2-6-17(14(9)19)8-13(18)11-5-4-10(15)7-12(11)16/h4-5,7,9H,2-3,6,8H2,1H3. The third kappa shape index (κ3) is 2.97. The number of likely N-dealkylation sites (tertiary alicyclic amines) is 1. The third-order valence-corrected chi connectivity index (χ3v) is 3.36. The fourth-order valence-corrected chi connectivity index (χ4v) is 2.26. The molecule has 0 radical (unpaired) electrons. The summed E-state index contributed by atoms with van der Waals surface area (Å²) >= 11 is 0. The van der Waals surface area contributed by atoms with Gasteiger partial charge in [-0.05, 0) is 25.0 Å². The number of rotatable bonds is 3. The number of Topliss-reactive ketones (excluding diaryl/α,β-unsaturated/α-hetero) is 1. The second-order valence-electron chi connectivity index (χ2n) is 4.85. The van der Waals surface area contributed by atoms with E-state index in [4.69, 9.17) is 0 Å². The van der Waals surface area contributed by atoms with Gasteiger partial charge >= 0.3 is 0 Å². The molecule has 1 amide bonds. The average Bonchev–Trinajstić information content (AvgIpc) is 2.34. The Kier molecular flexibility index (Phi) is 3.93. The molecule has 1 unspecified atom stereocenters. The number of nitrogens with zero attached hydrogens (tertiary/aromatic N) is 1. The van der Waals surface area contributed by atoms with E-state index < -0.39 is 17.4 Å². The lowest BCUT2D eigenvalue weighted by Crippen LogP contribution is -2.43. The molecule has 0 aliphatic carbocycles. The van der Waals surface area contributed by atoms with Crippen molar-refractivity contribution in [1.82, 2.24) is 4.90 Å². The fourth-order valence-electron chi connectivity index (χ4n) is 2.26. The minimum absolute atomic E-state index is 0.0814. The van der Waals surface area contributed by atoms with Gasteiger partial charge in [0.1, 0.15) is 11.6 Å². The molecule has 0 N–H and O–H groups in total. The molecule has 1 saturated heterocycles. The first-order valence-corrected chi connectivity index (χ1v) is 6.26. The van der Waals surface area contributed by atoms with E-state index in [2.05, 4.69) is 0 Å². The van der Waals surface area contributed by atoms with E-state index >= 15 is 0 Å². The van der Waals surface area contributed by atoms with Crippen LogP contribution in [-0.2, 0) is 4.79 Å². The highest BCUT2D eigenvalue weighted by molar-refractivity contribution is 5.99. The van der Waals surface area contributed by atoms with E-state index in [1.165, 1.54) is 4.90 Å². The quantitative estimate of drug-likeness (QED) is 0.789. The Balaban J connectivity index is 2.10. The molecule has 1 aromatic carbocycles. The molecule has 1 aliphatic rings. The summed E-state index contributed by atoms with van der Waals surface area (Å²) in [4.78, 5) is 25.2. The van der Waals surface area contributed by atoms with Crippen molar-refractivity contribution in [2.75, 3.05) is 13.1 Å². The molecule has 1 heterocycles. The first kappa shape index (κ1) is 13.6. The van der Waals surface area contributed by atoms with Crippen LogP contribution in [0.5, 0.6) is 0 Å². The van der Waals surface area contributed by atoms with Gasteiger partial charge in [0.25, 0.3) is 0 Å². The Bertz CT molecular complexity index is 516. The van der Waals surface area contributed by atoms with Crippen molar-refractivity contribution in [1.29, 1.82) is 0 Å². The van der Waals surface area contributed by atoms with Gasteiger partial charge in [0, 0.05) is 18.5 Å². The van der Waals surface area contributed by atoms with E-state index in [1.807, 2.05) is 6.92 Å². The molecule has 2 rings (SSSR count). The smallest absolute Gasteiger partial charge is 0.225 e. The maximum absolute atomic E-state index is 13.5. The first-order valence-electron chi connectivity index (χ1n) is 6.26. The SMILES string of the molecule is CC1CCCN(CC(=O)c2ccc(F)cc2F)C1=O. The second kappa shape index (κ2) is 5.47. The fraction of sp³-hybridized carbons (Fsp3) is 0.429. The van der Waals surface area contributed by atoms with Gasteiger partial charge in [0.05, 0.1) is 12.1 Å². The Labute approximate surface area is 110 Å². The zero-order chi connectivity index (χ0) is 14.0. The van der Waals surface area contributed by atoms with Gasteiger partial charge in [-0.3, -0.25) is 9.59 Å². The van der Waals surface area contributed by atoms with Crippen LogP contribution in [0.25, 0.3) is 0 Å². The molecule has 5 heteroatoms. The summed E-state index contributed by atoms with van der Waals surface area (Å²) in [6.07, 6.45) is 1.65. The highest BCUT2D eigenvalue weighted by atomic mass is 19.1. The molecular weight excluding hydrogens is 252 g/mol. The predicted molar refractivity (Wildman–Crippen MR) is 65.7 cm³/mol. The molecule has 102 valence electrons. The van der Waals surface area contributed by atoms with Crippen LogP contribution >= 0.6 is 0 Å². The normalized spacial score (nSPS) is 19.6. The van der Waals surface area contributed by atoms with Crippen LogP contribution in [-0.4, -0.2) is 29.7 Å². The largest absolute Gasteiger partial charge is 0.335 e. The Hall–Kier alpha value is -1.78. The number of carbonyl (C=O) groups excluding carboxylic acids is 2. The molecule has 3 nitrogen and oxygen atoms in total. The summed E-state index contributed by atoms with van der Waals surface area (Å²) in [5.74, 6) is -2.29. The van der Waals surface area contributed by atoms with Crippen LogP contribution in [0.4, 0.5) is 8.78 Å². The van der Waals surface area contributed by atoms with Crippen molar-refractivity contribution in [2.24, 2.45) is 5.92 Å². The lowest BCUT2D eigenvalue weighted by Gasteiger charge is -2.30.